The van der Waals surface area contributed by atoms with E-state index in [2.05, 4.69) is 6.92 Å². The van der Waals surface area contributed by atoms with E-state index in [0.29, 0.717) is 11.3 Å². The van der Waals surface area contributed by atoms with Gasteiger partial charge in [-0.1, -0.05) is 57.2 Å². The second kappa shape index (κ2) is 7.95. The van der Waals surface area contributed by atoms with Crippen molar-refractivity contribution >= 4 is 9.84 Å². The van der Waals surface area contributed by atoms with Crippen LogP contribution in [0.3, 0.4) is 0 Å². The van der Waals surface area contributed by atoms with Gasteiger partial charge in [-0.2, -0.15) is 0 Å². The Morgan fingerprint density at radius 2 is 1.76 bits per heavy atom. The Morgan fingerprint density at radius 3 is 2.48 bits per heavy atom. The average Bonchev–Trinajstić information content (AvgIpc) is 2.98. The largest absolute Gasteiger partial charge is 0.359 e. The van der Waals surface area contributed by atoms with Gasteiger partial charge in [-0.05, 0) is 31.4 Å². The zero-order valence-electron chi connectivity index (χ0n) is 12.8. The number of ether oxygens (including phenoxy) is 1. The Morgan fingerprint density at radius 1 is 1.05 bits per heavy atom. The molecule has 0 N–H and O–H groups in total. The average molecular weight is 310 g/mol. The third kappa shape index (κ3) is 4.55. The number of sulfone groups is 1. The lowest BCUT2D eigenvalue weighted by Crippen LogP contribution is -2.22. The van der Waals surface area contributed by atoms with Gasteiger partial charge >= 0.3 is 0 Å². The minimum absolute atomic E-state index is 0.120. The van der Waals surface area contributed by atoms with Crippen LogP contribution in [0.4, 0.5) is 0 Å². The fourth-order valence-electron chi connectivity index (χ4n) is 2.85. The molecule has 1 heterocycles. The molecule has 1 fully saturated rings. The highest BCUT2D eigenvalue weighted by Gasteiger charge is 2.35. The van der Waals surface area contributed by atoms with Crippen LogP contribution in [0.1, 0.15) is 58.3 Å². The van der Waals surface area contributed by atoms with Gasteiger partial charge in [0.05, 0.1) is 11.0 Å². The molecule has 1 aromatic carbocycles. The summed E-state index contributed by atoms with van der Waals surface area (Å²) in [4.78, 5) is 0.374. The maximum atomic E-state index is 12.5. The van der Waals surface area contributed by atoms with Crippen molar-refractivity contribution in [3.63, 3.8) is 0 Å². The highest BCUT2D eigenvalue weighted by molar-refractivity contribution is 7.92. The predicted octanol–water partition coefficient (Wildman–Crippen LogP) is 4.33. The van der Waals surface area contributed by atoms with Gasteiger partial charge < -0.3 is 4.74 Å². The maximum absolute atomic E-state index is 12.5. The fourth-order valence-corrected chi connectivity index (χ4v) is 4.44. The number of hydrogen-bond donors (Lipinski definition) is 0. The first-order valence-corrected chi connectivity index (χ1v) is 9.63. The molecule has 1 aromatic rings. The molecule has 0 spiro atoms. The molecule has 0 aromatic heterocycles. The van der Waals surface area contributed by atoms with Gasteiger partial charge in [-0.15, -0.1) is 0 Å². The van der Waals surface area contributed by atoms with Crippen LogP contribution >= 0.6 is 0 Å². The summed E-state index contributed by atoms with van der Waals surface area (Å²) in [5.41, 5.74) is -0.652. The SMILES string of the molecule is CCCCCCCC1CCC(S(=O)(=O)c2ccccc2)O1. The molecule has 0 radical (unpaired) electrons. The molecule has 0 saturated carbocycles. The van der Waals surface area contributed by atoms with E-state index in [4.69, 9.17) is 4.74 Å². The summed E-state index contributed by atoms with van der Waals surface area (Å²) in [5, 5.41) is 0. The van der Waals surface area contributed by atoms with Crippen LogP contribution in [0, 0.1) is 0 Å². The summed E-state index contributed by atoms with van der Waals surface area (Å²) in [6.45, 7) is 2.21. The lowest BCUT2D eigenvalue weighted by atomic mass is 10.1. The van der Waals surface area contributed by atoms with Gasteiger partial charge in [-0.3, -0.25) is 0 Å². The summed E-state index contributed by atoms with van der Waals surface area (Å²) in [6.07, 6.45) is 8.77. The molecule has 118 valence electrons. The predicted molar refractivity (Wildman–Crippen MR) is 84.9 cm³/mol. The van der Waals surface area contributed by atoms with Gasteiger partial charge in [0.15, 0.2) is 5.44 Å². The normalized spacial score (nSPS) is 22.5. The maximum Gasteiger partial charge on any atom is 0.205 e. The molecule has 1 aliphatic rings. The highest BCUT2D eigenvalue weighted by Crippen LogP contribution is 2.30. The quantitative estimate of drug-likeness (QED) is 0.671. The van der Waals surface area contributed by atoms with E-state index in [0.717, 1.165) is 19.3 Å². The first kappa shape index (κ1) is 16.5. The van der Waals surface area contributed by atoms with Gasteiger partial charge in [0.2, 0.25) is 9.84 Å². The minimum atomic E-state index is -3.33. The smallest absolute Gasteiger partial charge is 0.205 e. The second-order valence-electron chi connectivity index (χ2n) is 5.83. The van der Waals surface area contributed by atoms with Crippen LogP contribution in [0.15, 0.2) is 35.2 Å². The van der Waals surface area contributed by atoms with Crippen LogP contribution in [0.25, 0.3) is 0 Å². The molecule has 2 rings (SSSR count). The molecule has 21 heavy (non-hydrogen) atoms. The van der Waals surface area contributed by atoms with Crippen LogP contribution < -0.4 is 0 Å². The van der Waals surface area contributed by atoms with E-state index in [1.165, 1.54) is 25.7 Å². The lowest BCUT2D eigenvalue weighted by molar-refractivity contribution is 0.0789. The molecule has 1 aliphatic heterocycles. The molecule has 3 nitrogen and oxygen atoms in total. The first-order chi connectivity index (χ1) is 10.1. The molecule has 2 unspecified atom stereocenters. The van der Waals surface area contributed by atoms with E-state index in [-0.39, 0.29) is 6.10 Å². The Hall–Kier alpha value is -0.870. The van der Waals surface area contributed by atoms with Crippen LogP contribution in [-0.2, 0) is 14.6 Å². The van der Waals surface area contributed by atoms with Gasteiger partial charge in [0, 0.05) is 0 Å². The van der Waals surface area contributed by atoms with Crippen LogP contribution in [0.2, 0.25) is 0 Å². The summed E-state index contributed by atoms with van der Waals surface area (Å²) in [7, 11) is -3.33. The number of benzene rings is 1. The highest BCUT2D eigenvalue weighted by atomic mass is 32.2. The Kier molecular flexibility index (Phi) is 6.24. The monoisotopic (exact) mass is 310 g/mol. The lowest BCUT2D eigenvalue weighted by Gasteiger charge is -2.14. The van der Waals surface area contributed by atoms with Crippen molar-refractivity contribution in [1.82, 2.24) is 0 Å². The van der Waals surface area contributed by atoms with Crippen LogP contribution in [-0.4, -0.2) is 20.0 Å². The van der Waals surface area contributed by atoms with Gasteiger partial charge in [0.25, 0.3) is 0 Å². The molecule has 0 aliphatic carbocycles. The van der Waals surface area contributed by atoms with Gasteiger partial charge in [0.1, 0.15) is 0 Å². The Labute approximate surface area is 128 Å². The van der Waals surface area contributed by atoms with Crippen molar-refractivity contribution in [1.29, 1.82) is 0 Å². The van der Waals surface area contributed by atoms with Crippen molar-refractivity contribution in [3.8, 4) is 0 Å². The zero-order valence-corrected chi connectivity index (χ0v) is 13.6. The molecular formula is C17H26O3S. The third-order valence-corrected chi connectivity index (χ3v) is 6.08. The van der Waals surface area contributed by atoms with Crippen LogP contribution in [0.5, 0.6) is 0 Å². The Balaban J connectivity index is 1.82. The summed E-state index contributed by atoms with van der Waals surface area (Å²) in [6, 6.07) is 8.64. The molecular weight excluding hydrogens is 284 g/mol. The van der Waals surface area contributed by atoms with E-state index in [1.54, 1.807) is 24.3 Å². The topological polar surface area (TPSA) is 43.4 Å². The number of hydrogen-bond acceptors (Lipinski definition) is 3. The van der Waals surface area contributed by atoms with E-state index in [9.17, 15) is 8.42 Å². The fraction of sp³-hybridized carbons (Fsp3) is 0.647. The molecule has 4 heteroatoms. The van der Waals surface area contributed by atoms with Crippen molar-refractivity contribution in [3.05, 3.63) is 30.3 Å². The van der Waals surface area contributed by atoms with Crippen molar-refractivity contribution in [2.75, 3.05) is 0 Å². The summed E-state index contributed by atoms with van der Waals surface area (Å²) >= 11 is 0. The van der Waals surface area contributed by atoms with Crippen molar-refractivity contribution in [2.24, 2.45) is 0 Å². The summed E-state index contributed by atoms with van der Waals surface area (Å²) in [5.74, 6) is 0. The number of rotatable bonds is 8. The van der Waals surface area contributed by atoms with Crippen molar-refractivity contribution < 1.29 is 13.2 Å². The van der Waals surface area contributed by atoms with E-state index >= 15 is 0 Å². The Bertz CT molecular complexity index is 510. The minimum Gasteiger partial charge on any atom is -0.359 e. The van der Waals surface area contributed by atoms with Gasteiger partial charge in [-0.25, -0.2) is 8.42 Å². The van der Waals surface area contributed by atoms with E-state index in [1.807, 2.05) is 6.07 Å². The zero-order chi connectivity index (χ0) is 15.1. The third-order valence-electron chi connectivity index (χ3n) is 4.12. The summed E-state index contributed by atoms with van der Waals surface area (Å²) < 4.78 is 30.7. The number of unbranched alkanes of at least 4 members (excludes halogenated alkanes) is 4. The van der Waals surface area contributed by atoms with E-state index < -0.39 is 15.3 Å². The van der Waals surface area contributed by atoms with Crippen molar-refractivity contribution in [2.45, 2.75) is 74.7 Å². The second-order valence-corrected chi connectivity index (χ2v) is 7.91. The molecule has 0 amide bonds. The molecule has 0 bridgehead atoms. The molecule has 2 atom stereocenters. The molecule has 1 saturated heterocycles. The standard InChI is InChI=1S/C17H26O3S/c1-2-3-4-5-7-10-15-13-14-17(20-15)21(18,19)16-11-8-6-9-12-16/h6,8-9,11-12,15,17H,2-5,7,10,13-14H2,1H3. The first-order valence-electron chi connectivity index (χ1n) is 8.09.